The molecule has 1 aromatic carbocycles. The van der Waals surface area contributed by atoms with Crippen molar-refractivity contribution in [3.05, 3.63) is 36.0 Å². The predicted octanol–water partition coefficient (Wildman–Crippen LogP) is 3.15. The lowest BCUT2D eigenvalue weighted by Gasteiger charge is -2.06. The van der Waals surface area contributed by atoms with Crippen LogP contribution in [0.5, 0.6) is 0 Å². The smallest absolute Gasteiger partial charge is 0.313 e. The molecule has 4 heteroatoms. The van der Waals surface area contributed by atoms with Crippen molar-refractivity contribution in [1.82, 2.24) is 9.88 Å². The molecule has 0 radical (unpaired) electrons. The van der Waals surface area contributed by atoms with Crippen LogP contribution >= 0.6 is 0 Å². The molecular weight excluding hydrogens is 210 g/mol. The molecule has 2 nitrogen and oxygen atoms in total. The van der Waals surface area contributed by atoms with Gasteiger partial charge >= 0.3 is 6.55 Å². The van der Waals surface area contributed by atoms with E-state index >= 15 is 0 Å². The van der Waals surface area contributed by atoms with Crippen molar-refractivity contribution in [3.8, 4) is 0 Å². The van der Waals surface area contributed by atoms with Crippen molar-refractivity contribution < 1.29 is 8.78 Å². The number of alkyl halides is 2. The molecule has 0 fully saturated rings. The molecule has 0 saturated carbocycles. The molecule has 1 aromatic heterocycles. The topological polar surface area (TPSA) is 17.0 Å². The molecule has 86 valence electrons. The average molecular weight is 224 g/mol. The van der Waals surface area contributed by atoms with Gasteiger partial charge in [0, 0.05) is 18.1 Å². The third-order valence-electron chi connectivity index (χ3n) is 2.63. The summed E-state index contributed by atoms with van der Waals surface area (Å²) in [5.41, 5.74) is 1.64. The molecule has 0 spiro atoms. The van der Waals surface area contributed by atoms with Crippen LogP contribution in [-0.4, -0.2) is 11.1 Å². The van der Waals surface area contributed by atoms with Crippen LogP contribution in [0.2, 0.25) is 0 Å². The van der Waals surface area contributed by atoms with Gasteiger partial charge in [-0.05, 0) is 24.2 Å². The molecular formula is C12H14F2N2. The van der Waals surface area contributed by atoms with Gasteiger partial charge < -0.3 is 5.32 Å². The van der Waals surface area contributed by atoms with Gasteiger partial charge in [0.15, 0.2) is 0 Å². The summed E-state index contributed by atoms with van der Waals surface area (Å²) in [4.78, 5) is 0. The van der Waals surface area contributed by atoms with Gasteiger partial charge in [0.1, 0.15) is 0 Å². The molecule has 0 unspecified atom stereocenters. The molecule has 0 amide bonds. The average Bonchev–Trinajstić information content (AvgIpc) is 2.70. The van der Waals surface area contributed by atoms with Crippen LogP contribution in [0.1, 0.15) is 19.0 Å². The van der Waals surface area contributed by atoms with Gasteiger partial charge in [0.25, 0.3) is 0 Å². The van der Waals surface area contributed by atoms with E-state index in [9.17, 15) is 8.78 Å². The molecule has 1 N–H and O–H groups in total. The highest BCUT2D eigenvalue weighted by Crippen LogP contribution is 2.24. The normalized spacial score (nSPS) is 11.5. The Morgan fingerprint density at radius 2 is 2.12 bits per heavy atom. The van der Waals surface area contributed by atoms with Crippen LogP contribution in [0.3, 0.4) is 0 Å². The number of rotatable bonds is 4. The maximum atomic E-state index is 12.7. The van der Waals surface area contributed by atoms with Crippen LogP contribution in [0.4, 0.5) is 8.78 Å². The standard InChI is InChI=1S/C12H14F2N2/c1-2-15-8-9-4-3-5-11-10(9)6-7-16(11)12(13)14/h3-7,12,15H,2,8H2,1H3. The summed E-state index contributed by atoms with van der Waals surface area (Å²) < 4.78 is 26.3. The van der Waals surface area contributed by atoms with Crippen molar-refractivity contribution in [2.24, 2.45) is 0 Å². The fourth-order valence-electron chi connectivity index (χ4n) is 1.84. The lowest BCUT2D eigenvalue weighted by atomic mass is 10.1. The molecule has 2 rings (SSSR count). The molecule has 1 heterocycles. The van der Waals surface area contributed by atoms with Gasteiger partial charge in [-0.3, -0.25) is 4.57 Å². The summed E-state index contributed by atoms with van der Waals surface area (Å²) in [6.07, 6.45) is 1.44. The number of aromatic nitrogens is 1. The minimum Gasteiger partial charge on any atom is -0.313 e. The summed E-state index contributed by atoms with van der Waals surface area (Å²) in [6, 6.07) is 7.24. The number of hydrogen-bond donors (Lipinski definition) is 1. The first-order valence-corrected chi connectivity index (χ1v) is 5.31. The van der Waals surface area contributed by atoms with Crippen molar-refractivity contribution in [2.75, 3.05) is 6.54 Å². The number of nitrogens with zero attached hydrogens (tertiary/aromatic N) is 1. The molecule has 0 aliphatic rings. The van der Waals surface area contributed by atoms with E-state index in [0.717, 1.165) is 22.1 Å². The van der Waals surface area contributed by atoms with Crippen molar-refractivity contribution in [1.29, 1.82) is 0 Å². The Labute approximate surface area is 92.9 Å². The molecule has 0 atom stereocenters. The van der Waals surface area contributed by atoms with Crippen molar-refractivity contribution in [2.45, 2.75) is 20.0 Å². The van der Waals surface area contributed by atoms with Gasteiger partial charge in [0.2, 0.25) is 0 Å². The quantitative estimate of drug-likeness (QED) is 0.844. The Morgan fingerprint density at radius 1 is 1.31 bits per heavy atom. The Hall–Kier alpha value is -1.42. The Kier molecular flexibility index (Phi) is 3.19. The van der Waals surface area contributed by atoms with Crippen LogP contribution in [-0.2, 0) is 6.54 Å². The highest BCUT2D eigenvalue weighted by molar-refractivity contribution is 5.83. The summed E-state index contributed by atoms with van der Waals surface area (Å²) in [7, 11) is 0. The zero-order valence-corrected chi connectivity index (χ0v) is 9.08. The molecule has 0 aliphatic heterocycles. The minimum atomic E-state index is -2.48. The third-order valence-corrected chi connectivity index (χ3v) is 2.63. The van der Waals surface area contributed by atoms with E-state index in [1.54, 1.807) is 12.1 Å². The SMILES string of the molecule is CCNCc1cccc2c1ccn2C(F)F. The first-order valence-electron chi connectivity index (χ1n) is 5.31. The summed E-state index contributed by atoms with van der Waals surface area (Å²) in [5.74, 6) is 0. The van der Waals surface area contributed by atoms with E-state index in [1.165, 1.54) is 6.20 Å². The second-order valence-corrected chi connectivity index (χ2v) is 3.63. The maximum Gasteiger partial charge on any atom is 0.319 e. The van der Waals surface area contributed by atoms with Gasteiger partial charge in [-0.15, -0.1) is 0 Å². The summed E-state index contributed by atoms with van der Waals surface area (Å²) in [5, 5.41) is 4.09. The van der Waals surface area contributed by atoms with E-state index in [-0.39, 0.29) is 0 Å². The Bertz CT molecular complexity index is 477. The molecule has 0 bridgehead atoms. The number of hydrogen-bond acceptors (Lipinski definition) is 1. The number of fused-ring (bicyclic) bond motifs is 1. The van der Waals surface area contributed by atoms with E-state index in [1.807, 2.05) is 19.1 Å². The van der Waals surface area contributed by atoms with Crippen LogP contribution in [0.15, 0.2) is 30.5 Å². The first-order chi connectivity index (χ1) is 7.74. The van der Waals surface area contributed by atoms with E-state index in [2.05, 4.69) is 5.32 Å². The zero-order chi connectivity index (χ0) is 11.5. The number of nitrogens with one attached hydrogen (secondary N) is 1. The van der Waals surface area contributed by atoms with E-state index < -0.39 is 6.55 Å². The van der Waals surface area contributed by atoms with Gasteiger partial charge in [-0.2, -0.15) is 8.78 Å². The van der Waals surface area contributed by atoms with Crippen LogP contribution in [0, 0.1) is 0 Å². The molecule has 0 saturated heterocycles. The monoisotopic (exact) mass is 224 g/mol. The second kappa shape index (κ2) is 4.61. The maximum absolute atomic E-state index is 12.7. The molecule has 0 aliphatic carbocycles. The largest absolute Gasteiger partial charge is 0.319 e. The lowest BCUT2D eigenvalue weighted by molar-refractivity contribution is 0.0752. The van der Waals surface area contributed by atoms with E-state index in [0.29, 0.717) is 12.1 Å². The van der Waals surface area contributed by atoms with Crippen LogP contribution in [0.25, 0.3) is 10.9 Å². The Morgan fingerprint density at radius 3 is 2.81 bits per heavy atom. The van der Waals surface area contributed by atoms with Gasteiger partial charge in [-0.1, -0.05) is 19.1 Å². The van der Waals surface area contributed by atoms with Crippen molar-refractivity contribution in [3.63, 3.8) is 0 Å². The molecule has 16 heavy (non-hydrogen) atoms. The summed E-state index contributed by atoms with van der Waals surface area (Å²) >= 11 is 0. The first kappa shape index (κ1) is 11.1. The second-order valence-electron chi connectivity index (χ2n) is 3.63. The molecule has 2 aromatic rings. The fraction of sp³-hybridized carbons (Fsp3) is 0.333. The number of halogens is 2. The highest BCUT2D eigenvalue weighted by atomic mass is 19.3. The van der Waals surface area contributed by atoms with Gasteiger partial charge in [-0.25, -0.2) is 0 Å². The predicted molar refractivity (Wildman–Crippen MR) is 60.6 cm³/mol. The van der Waals surface area contributed by atoms with Crippen LogP contribution < -0.4 is 5.32 Å². The third kappa shape index (κ3) is 1.93. The van der Waals surface area contributed by atoms with E-state index in [4.69, 9.17) is 0 Å². The zero-order valence-electron chi connectivity index (χ0n) is 9.08. The van der Waals surface area contributed by atoms with Crippen molar-refractivity contribution >= 4 is 10.9 Å². The highest BCUT2D eigenvalue weighted by Gasteiger charge is 2.10. The Balaban J connectivity index is 2.45. The number of benzene rings is 1. The minimum absolute atomic E-state index is 0.588. The lowest BCUT2D eigenvalue weighted by Crippen LogP contribution is -2.11. The summed E-state index contributed by atoms with van der Waals surface area (Å²) in [6.45, 7) is 1.12. The van der Waals surface area contributed by atoms with Gasteiger partial charge in [0.05, 0.1) is 5.52 Å². The fourth-order valence-corrected chi connectivity index (χ4v) is 1.84.